The van der Waals surface area contributed by atoms with Crippen LogP contribution in [0.5, 0.6) is 5.75 Å². The first-order chi connectivity index (χ1) is 10.8. The van der Waals surface area contributed by atoms with Crippen LogP contribution in [0.2, 0.25) is 0 Å². The molecule has 0 aliphatic heterocycles. The molecule has 0 saturated heterocycles. The Morgan fingerprint density at radius 2 is 1.91 bits per heavy atom. The van der Waals surface area contributed by atoms with Gasteiger partial charge >= 0.3 is 5.97 Å². The number of carbonyl (C=O) groups is 1. The van der Waals surface area contributed by atoms with Gasteiger partial charge in [0.05, 0.1) is 19.3 Å². The van der Waals surface area contributed by atoms with E-state index in [0.717, 1.165) is 16.8 Å². The lowest BCUT2D eigenvalue weighted by Crippen LogP contribution is -2.08. The molecule has 1 aromatic carbocycles. The molecule has 2 heterocycles. The predicted octanol–water partition coefficient (Wildman–Crippen LogP) is 3.35. The molecule has 0 atom stereocenters. The summed E-state index contributed by atoms with van der Waals surface area (Å²) in [5, 5.41) is 0. The van der Waals surface area contributed by atoms with Crippen LogP contribution in [0.3, 0.4) is 0 Å². The quantitative estimate of drug-likeness (QED) is 0.678. The van der Waals surface area contributed by atoms with Gasteiger partial charge in [-0.1, -0.05) is 12.1 Å². The van der Waals surface area contributed by atoms with E-state index in [1.54, 1.807) is 13.2 Å². The van der Waals surface area contributed by atoms with Crippen LogP contribution < -0.4 is 4.74 Å². The second-order valence-electron chi connectivity index (χ2n) is 4.99. The molecule has 0 aliphatic rings. The number of methoxy groups -OCH3 is 1. The van der Waals surface area contributed by atoms with E-state index in [0.29, 0.717) is 18.6 Å². The molecule has 0 fully saturated rings. The zero-order valence-electron chi connectivity index (χ0n) is 12.4. The van der Waals surface area contributed by atoms with Gasteiger partial charge in [0.1, 0.15) is 5.75 Å². The highest BCUT2D eigenvalue weighted by Crippen LogP contribution is 2.13. The summed E-state index contributed by atoms with van der Waals surface area (Å²) >= 11 is 0. The summed E-state index contributed by atoms with van der Waals surface area (Å²) in [6.45, 7) is 0.358. The van der Waals surface area contributed by atoms with Crippen molar-refractivity contribution in [3.63, 3.8) is 0 Å². The maximum atomic E-state index is 12.0. The van der Waals surface area contributed by atoms with E-state index < -0.39 is 0 Å². The molecular weight excluding hydrogens is 278 g/mol. The van der Waals surface area contributed by atoms with E-state index >= 15 is 0 Å². The third kappa shape index (κ3) is 3.11. The van der Waals surface area contributed by atoms with Crippen molar-refractivity contribution in [1.29, 1.82) is 0 Å². The van der Waals surface area contributed by atoms with E-state index in [1.807, 2.05) is 59.3 Å². The minimum absolute atomic E-state index is 0.294. The van der Waals surface area contributed by atoms with Crippen molar-refractivity contribution >= 4 is 11.5 Å². The number of benzene rings is 1. The fourth-order valence-corrected chi connectivity index (χ4v) is 2.30. The molecule has 0 saturated carbocycles. The highest BCUT2D eigenvalue weighted by Gasteiger charge is 2.08. The Hall–Kier alpha value is -2.75. The normalized spacial score (nSPS) is 10.6. The highest BCUT2D eigenvalue weighted by atomic mass is 16.5. The molecule has 0 unspecified atom stereocenters. The fourth-order valence-electron chi connectivity index (χ4n) is 2.30. The SMILES string of the molecule is COc1ccc(CCOC(=O)c2ccn3cccc3c2)cc1. The summed E-state index contributed by atoms with van der Waals surface area (Å²) in [5.41, 5.74) is 2.65. The molecule has 0 amide bonds. The van der Waals surface area contributed by atoms with Crippen molar-refractivity contribution in [1.82, 2.24) is 4.40 Å². The number of aromatic nitrogens is 1. The molecule has 0 N–H and O–H groups in total. The average Bonchev–Trinajstić information content (AvgIpc) is 3.03. The molecule has 4 nitrogen and oxygen atoms in total. The molecule has 2 aromatic heterocycles. The third-order valence-electron chi connectivity index (χ3n) is 3.55. The molecular formula is C18H17NO3. The number of carbonyl (C=O) groups excluding carboxylic acids is 1. The first kappa shape index (κ1) is 14.2. The van der Waals surface area contributed by atoms with Crippen LogP contribution in [0, 0.1) is 0 Å². The molecule has 0 radical (unpaired) electrons. The average molecular weight is 295 g/mol. The third-order valence-corrected chi connectivity index (χ3v) is 3.55. The predicted molar refractivity (Wildman–Crippen MR) is 84.4 cm³/mol. The van der Waals surface area contributed by atoms with Crippen LogP contribution in [0.4, 0.5) is 0 Å². The Balaban J connectivity index is 1.57. The summed E-state index contributed by atoms with van der Waals surface area (Å²) < 4.78 is 12.4. The molecule has 4 heteroatoms. The van der Waals surface area contributed by atoms with Crippen molar-refractivity contribution in [3.05, 3.63) is 72.1 Å². The summed E-state index contributed by atoms with van der Waals surface area (Å²) in [6, 6.07) is 15.2. The minimum atomic E-state index is -0.294. The number of esters is 1. The van der Waals surface area contributed by atoms with Crippen LogP contribution >= 0.6 is 0 Å². The van der Waals surface area contributed by atoms with E-state index in [4.69, 9.17) is 9.47 Å². The van der Waals surface area contributed by atoms with Gasteiger partial charge in [-0.2, -0.15) is 0 Å². The van der Waals surface area contributed by atoms with Crippen LogP contribution in [-0.4, -0.2) is 24.1 Å². The van der Waals surface area contributed by atoms with E-state index in [1.165, 1.54) is 0 Å². The number of pyridine rings is 1. The number of nitrogens with zero attached hydrogens (tertiary/aromatic N) is 1. The van der Waals surface area contributed by atoms with Gasteiger partial charge in [-0.25, -0.2) is 4.79 Å². The van der Waals surface area contributed by atoms with Gasteiger partial charge in [0, 0.05) is 24.3 Å². The lowest BCUT2D eigenvalue weighted by Gasteiger charge is -2.06. The van der Waals surface area contributed by atoms with Gasteiger partial charge in [0.15, 0.2) is 0 Å². The maximum absolute atomic E-state index is 12.0. The van der Waals surface area contributed by atoms with Gasteiger partial charge in [0.25, 0.3) is 0 Å². The zero-order chi connectivity index (χ0) is 15.4. The maximum Gasteiger partial charge on any atom is 0.338 e. The lowest BCUT2D eigenvalue weighted by atomic mass is 10.1. The van der Waals surface area contributed by atoms with Crippen LogP contribution in [0.1, 0.15) is 15.9 Å². The number of ether oxygens (including phenoxy) is 2. The molecule has 0 spiro atoms. The van der Waals surface area contributed by atoms with E-state index in [9.17, 15) is 4.79 Å². The highest BCUT2D eigenvalue weighted by molar-refractivity contribution is 5.90. The lowest BCUT2D eigenvalue weighted by molar-refractivity contribution is 0.0509. The Bertz CT molecular complexity index is 774. The Labute approximate surface area is 128 Å². The van der Waals surface area contributed by atoms with Crippen LogP contribution in [-0.2, 0) is 11.2 Å². The van der Waals surface area contributed by atoms with Crippen LogP contribution in [0.15, 0.2) is 60.9 Å². The molecule has 112 valence electrons. The number of hydrogen-bond donors (Lipinski definition) is 0. The van der Waals surface area contributed by atoms with Gasteiger partial charge in [-0.15, -0.1) is 0 Å². The van der Waals surface area contributed by atoms with Gasteiger partial charge in [-0.3, -0.25) is 0 Å². The molecule has 22 heavy (non-hydrogen) atoms. The summed E-state index contributed by atoms with van der Waals surface area (Å²) in [5.74, 6) is 0.526. The van der Waals surface area contributed by atoms with E-state index in [2.05, 4.69) is 0 Å². The minimum Gasteiger partial charge on any atom is -0.497 e. The number of fused-ring (bicyclic) bond motifs is 1. The van der Waals surface area contributed by atoms with Gasteiger partial charge in [0.2, 0.25) is 0 Å². The molecule has 3 aromatic rings. The monoisotopic (exact) mass is 295 g/mol. The fraction of sp³-hybridized carbons (Fsp3) is 0.167. The van der Waals surface area contributed by atoms with E-state index in [-0.39, 0.29) is 5.97 Å². The second kappa shape index (κ2) is 6.35. The van der Waals surface area contributed by atoms with Crippen molar-refractivity contribution in [3.8, 4) is 5.75 Å². The second-order valence-corrected chi connectivity index (χ2v) is 4.99. The standard InChI is InChI=1S/C18H17NO3/c1-21-17-6-4-14(5-7-17)9-12-22-18(20)15-8-11-19-10-2-3-16(19)13-15/h2-8,10-11,13H,9,12H2,1H3. The smallest absolute Gasteiger partial charge is 0.338 e. The first-order valence-corrected chi connectivity index (χ1v) is 7.13. The summed E-state index contributed by atoms with van der Waals surface area (Å²) in [7, 11) is 1.64. The molecule has 0 aliphatic carbocycles. The largest absolute Gasteiger partial charge is 0.497 e. The van der Waals surface area contributed by atoms with Gasteiger partial charge < -0.3 is 13.9 Å². The Kier molecular flexibility index (Phi) is 4.10. The Morgan fingerprint density at radius 3 is 2.68 bits per heavy atom. The molecule has 0 bridgehead atoms. The van der Waals surface area contributed by atoms with Crippen LogP contribution in [0.25, 0.3) is 5.52 Å². The van der Waals surface area contributed by atoms with Crippen molar-refractivity contribution < 1.29 is 14.3 Å². The summed E-state index contributed by atoms with van der Waals surface area (Å²) in [6.07, 6.45) is 4.48. The van der Waals surface area contributed by atoms with Crippen molar-refractivity contribution in [2.75, 3.05) is 13.7 Å². The van der Waals surface area contributed by atoms with Crippen molar-refractivity contribution in [2.24, 2.45) is 0 Å². The first-order valence-electron chi connectivity index (χ1n) is 7.13. The van der Waals surface area contributed by atoms with Gasteiger partial charge in [-0.05, 0) is 42.0 Å². The van der Waals surface area contributed by atoms with Crippen molar-refractivity contribution in [2.45, 2.75) is 6.42 Å². The molecule has 3 rings (SSSR count). The topological polar surface area (TPSA) is 39.9 Å². The summed E-state index contributed by atoms with van der Waals surface area (Å²) in [4.78, 5) is 12.0. The Morgan fingerprint density at radius 1 is 1.09 bits per heavy atom. The number of hydrogen-bond acceptors (Lipinski definition) is 3. The zero-order valence-corrected chi connectivity index (χ0v) is 12.4. The number of rotatable bonds is 5.